The Morgan fingerprint density at radius 1 is 1.30 bits per heavy atom. The minimum absolute atomic E-state index is 0.0555. The highest BCUT2D eigenvalue weighted by Gasteiger charge is 2.33. The number of carbonyl (C=O) groups is 1. The quantitative estimate of drug-likeness (QED) is 0.702. The molecular weight excluding hydrogens is 362 g/mol. The Bertz CT molecular complexity index is 1150. The number of aromatic amines is 1. The van der Waals surface area contributed by atoms with Gasteiger partial charge in [-0.3, -0.25) is 9.78 Å². The molecule has 1 unspecified atom stereocenters. The summed E-state index contributed by atoms with van der Waals surface area (Å²) >= 11 is 0. The molecule has 1 aromatic carbocycles. The summed E-state index contributed by atoms with van der Waals surface area (Å²) in [6.45, 7) is 2.35. The first-order valence-electron chi connectivity index (χ1n) is 9.02. The van der Waals surface area contributed by atoms with Crippen molar-refractivity contribution in [3.63, 3.8) is 0 Å². The number of hydrogen-bond acceptors (Lipinski definition) is 4. The molecule has 1 atom stereocenters. The summed E-state index contributed by atoms with van der Waals surface area (Å²) < 4.78 is 23.4. The van der Waals surface area contributed by atoms with Crippen LogP contribution in [-0.2, 0) is 14.6 Å². The van der Waals surface area contributed by atoms with Gasteiger partial charge in [-0.05, 0) is 31.6 Å². The van der Waals surface area contributed by atoms with E-state index >= 15 is 0 Å². The molecule has 0 radical (unpaired) electrons. The third-order valence-electron chi connectivity index (χ3n) is 5.08. The predicted octanol–water partition coefficient (Wildman–Crippen LogP) is 2.76. The van der Waals surface area contributed by atoms with Crippen LogP contribution in [0.3, 0.4) is 0 Å². The number of H-pyrrole nitrogens is 1. The van der Waals surface area contributed by atoms with E-state index in [0.717, 1.165) is 21.8 Å². The molecule has 0 aliphatic carbocycles. The predicted molar refractivity (Wildman–Crippen MR) is 107 cm³/mol. The zero-order chi connectivity index (χ0) is 19.0. The summed E-state index contributed by atoms with van der Waals surface area (Å²) in [5.41, 5.74) is 2.69. The Kier molecular flexibility index (Phi) is 4.47. The lowest BCUT2D eigenvalue weighted by molar-refractivity contribution is -0.127. The molecule has 1 amide bonds. The van der Waals surface area contributed by atoms with Crippen molar-refractivity contribution in [2.24, 2.45) is 0 Å². The van der Waals surface area contributed by atoms with E-state index in [1.807, 2.05) is 37.3 Å². The lowest BCUT2D eigenvalue weighted by Gasteiger charge is -2.25. The van der Waals surface area contributed by atoms with Crippen molar-refractivity contribution >= 4 is 43.6 Å². The number of benzene rings is 1. The highest BCUT2D eigenvalue weighted by Crippen LogP contribution is 2.25. The molecule has 140 valence electrons. The highest BCUT2D eigenvalue weighted by atomic mass is 32.2. The van der Waals surface area contributed by atoms with Crippen molar-refractivity contribution in [2.75, 3.05) is 18.1 Å². The van der Waals surface area contributed by atoms with Crippen molar-refractivity contribution in [2.45, 2.75) is 19.4 Å². The Balaban J connectivity index is 1.58. The fraction of sp³-hybridized carbons (Fsp3) is 0.300. The van der Waals surface area contributed by atoms with Crippen molar-refractivity contribution in [3.05, 3.63) is 48.3 Å². The number of nitrogens with zero attached hydrogens (tertiary/aromatic N) is 2. The molecule has 27 heavy (non-hydrogen) atoms. The van der Waals surface area contributed by atoms with E-state index in [1.165, 1.54) is 6.08 Å². The molecule has 0 saturated carbocycles. The fourth-order valence-electron chi connectivity index (χ4n) is 3.72. The van der Waals surface area contributed by atoms with Crippen LogP contribution in [0.15, 0.2) is 42.6 Å². The van der Waals surface area contributed by atoms with E-state index in [1.54, 1.807) is 17.2 Å². The van der Waals surface area contributed by atoms with Crippen LogP contribution in [-0.4, -0.2) is 53.3 Å². The number of amides is 1. The van der Waals surface area contributed by atoms with Gasteiger partial charge >= 0.3 is 0 Å². The lowest BCUT2D eigenvalue weighted by atomic mass is 10.1. The molecule has 2 aromatic heterocycles. The van der Waals surface area contributed by atoms with Crippen LogP contribution < -0.4 is 0 Å². The normalized spacial score (nSPS) is 19.2. The molecule has 1 saturated heterocycles. The lowest BCUT2D eigenvalue weighted by Crippen LogP contribution is -2.40. The number of fused-ring (bicyclic) bond motifs is 3. The molecule has 1 aliphatic rings. The number of likely N-dealkylation sites (N-methyl/N-ethyl adjacent to an activating group) is 1. The second-order valence-electron chi connectivity index (χ2n) is 6.84. The largest absolute Gasteiger partial charge is 0.353 e. The fourth-order valence-corrected chi connectivity index (χ4v) is 5.46. The topological polar surface area (TPSA) is 83.1 Å². The second kappa shape index (κ2) is 6.81. The van der Waals surface area contributed by atoms with Gasteiger partial charge in [0.1, 0.15) is 0 Å². The number of sulfone groups is 1. The number of aromatic nitrogens is 2. The van der Waals surface area contributed by atoms with Gasteiger partial charge in [0.05, 0.1) is 28.9 Å². The maximum atomic E-state index is 12.6. The van der Waals surface area contributed by atoms with Crippen LogP contribution in [0, 0.1) is 0 Å². The smallest absolute Gasteiger partial charge is 0.246 e. The SMILES string of the molecule is CCN(C(=O)/C=C/c1cc2c(cn1)[nH]c1ccccc12)C1CCS(=O)(=O)C1. The first kappa shape index (κ1) is 17.7. The highest BCUT2D eigenvalue weighted by molar-refractivity contribution is 7.91. The summed E-state index contributed by atoms with van der Waals surface area (Å²) in [5.74, 6) is 0.0321. The van der Waals surface area contributed by atoms with Gasteiger partial charge in [-0.25, -0.2) is 8.42 Å². The summed E-state index contributed by atoms with van der Waals surface area (Å²) in [6.07, 6.45) is 5.45. The van der Waals surface area contributed by atoms with E-state index in [2.05, 4.69) is 9.97 Å². The summed E-state index contributed by atoms with van der Waals surface area (Å²) in [7, 11) is -3.02. The van der Waals surface area contributed by atoms with Crippen LogP contribution in [0.5, 0.6) is 0 Å². The molecule has 3 aromatic rings. The molecule has 0 spiro atoms. The van der Waals surface area contributed by atoms with Crippen LogP contribution >= 0.6 is 0 Å². The van der Waals surface area contributed by atoms with Crippen molar-refractivity contribution in [3.8, 4) is 0 Å². The molecule has 0 bridgehead atoms. The Labute approximate surface area is 157 Å². The summed E-state index contributed by atoms with van der Waals surface area (Å²) in [4.78, 5) is 21.9. The maximum absolute atomic E-state index is 12.6. The minimum atomic E-state index is -3.02. The van der Waals surface area contributed by atoms with E-state index < -0.39 is 9.84 Å². The molecule has 6 nitrogen and oxygen atoms in total. The van der Waals surface area contributed by atoms with Crippen LogP contribution in [0.25, 0.3) is 27.9 Å². The van der Waals surface area contributed by atoms with Gasteiger partial charge in [-0.2, -0.15) is 0 Å². The number of pyridine rings is 1. The van der Waals surface area contributed by atoms with Gasteiger partial charge in [-0.1, -0.05) is 18.2 Å². The van der Waals surface area contributed by atoms with E-state index in [4.69, 9.17) is 0 Å². The van der Waals surface area contributed by atoms with Gasteiger partial charge in [-0.15, -0.1) is 0 Å². The van der Waals surface area contributed by atoms with E-state index in [-0.39, 0.29) is 23.5 Å². The molecule has 1 fully saturated rings. The maximum Gasteiger partial charge on any atom is 0.246 e. The summed E-state index contributed by atoms with van der Waals surface area (Å²) in [6, 6.07) is 9.75. The zero-order valence-electron chi connectivity index (χ0n) is 15.1. The third-order valence-corrected chi connectivity index (χ3v) is 6.83. The van der Waals surface area contributed by atoms with Crippen LogP contribution in [0.2, 0.25) is 0 Å². The standard InChI is InChI=1S/C20H21N3O3S/c1-2-23(15-9-10-27(25,26)13-15)20(24)8-7-14-11-17-16-5-3-4-6-18(16)22-19(17)12-21-14/h3-8,11-12,15,22H,2,9-10,13H2,1H3/b8-7+. The average molecular weight is 383 g/mol. The Hall–Kier alpha value is -2.67. The van der Waals surface area contributed by atoms with Gasteiger partial charge in [0.25, 0.3) is 0 Å². The summed E-state index contributed by atoms with van der Waals surface area (Å²) in [5, 5.41) is 2.17. The van der Waals surface area contributed by atoms with Gasteiger partial charge in [0, 0.05) is 35.0 Å². The first-order chi connectivity index (χ1) is 13.0. The van der Waals surface area contributed by atoms with E-state index in [9.17, 15) is 13.2 Å². The van der Waals surface area contributed by atoms with Crippen molar-refractivity contribution < 1.29 is 13.2 Å². The number of hydrogen-bond donors (Lipinski definition) is 1. The van der Waals surface area contributed by atoms with Crippen LogP contribution in [0.1, 0.15) is 19.0 Å². The van der Waals surface area contributed by atoms with Gasteiger partial charge in [0.15, 0.2) is 9.84 Å². The molecule has 7 heteroatoms. The first-order valence-corrected chi connectivity index (χ1v) is 10.8. The number of para-hydroxylation sites is 1. The number of rotatable bonds is 4. The molecule has 3 heterocycles. The van der Waals surface area contributed by atoms with Crippen LogP contribution in [0.4, 0.5) is 0 Å². The molecule has 1 N–H and O–H groups in total. The minimum Gasteiger partial charge on any atom is -0.353 e. The van der Waals surface area contributed by atoms with E-state index in [0.29, 0.717) is 18.7 Å². The number of carbonyl (C=O) groups excluding carboxylic acids is 1. The van der Waals surface area contributed by atoms with Crippen molar-refractivity contribution in [1.29, 1.82) is 0 Å². The monoisotopic (exact) mass is 383 g/mol. The average Bonchev–Trinajstić information content (AvgIpc) is 3.20. The Morgan fingerprint density at radius 2 is 2.11 bits per heavy atom. The number of nitrogens with one attached hydrogen (secondary N) is 1. The molecule has 1 aliphatic heterocycles. The Morgan fingerprint density at radius 3 is 2.85 bits per heavy atom. The molecule has 4 rings (SSSR count). The van der Waals surface area contributed by atoms with Gasteiger partial charge in [0.2, 0.25) is 5.91 Å². The zero-order valence-corrected chi connectivity index (χ0v) is 15.9. The molecular formula is C20H21N3O3S. The third kappa shape index (κ3) is 3.47. The second-order valence-corrected chi connectivity index (χ2v) is 9.07. The van der Waals surface area contributed by atoms with Crippen molar-refractivity contribution in [1.82, 2.24) is 14.9 Å². The van der Waals surface area contributed by atoms with Gasteiger partial charge < -0.3 is 9.88 Å².